The van der Waals surface area contributed by atoms with E-state index in [0.29, 0.717) is 25.9 Å². The highest BCUT2D eigenvalue weighted by Crippen LogP contribution is 2.20. The third-order valence-corrected chi connectivity index (χ3v) is 2.13. The standard InChI is InChI=1S/C7H13F3N2O/c8-7(9,10)5-12-3-1-6(13-11)2-4-12/h6H,1-5,11H2. The molecule has 3 nitrogen and oxygen atoms in total. The first-order valence-corrected chi connectivity index (χ1v) is 4.16. The van der Waals surface area contributed by atoms with E-state index < -0.39 is 12.7 Å². The minimum Gasteiger partial charge on any atom is -0.301 e. The first kappa shape index (κ1) is 10.7. The SMILES string of the molecule is NOC1CCN(CC(F)(F)F)CC1. The molecule has 1 rings (SSSR count). The van der Waals surface area contributed by atoms with Crippen LogP contribution in [0.15, 0.2) is 0 Å². The molecule has 0 atom stereocenters. The van der Waals surface area contributed by atoms with E-state index in [9.17, 15) is 13.2 Å². The summed E-state index contributed by atoms with van der Waals surface area (Å²) in [6, 6.07) is 0. The maximum atomic E-state index is 11.9. The van der Waals surface area contributed by atoms with E-state index in [4.69, 9.17) is 5.90 Å². The molecule has 0 amide bonds. The molecule has 13 heavy (non-hydrogen) atoms. The highest BCUT2D eigenvalue weighted by Gasteiger charge is 2.32. The summed E-state index contributed by atoms with van der Waals surface area (Å²) in [6.45, 7) is -0.0208. The van der Waals surface area contributed by atoms with Gasteiger partial charge in [-0.1, -0.05) is 0 Å². The Labute approximate surface area is 74.6 Å². The summed E-state index contributed by atoms with van der Waals surface area (Å²) in [5.41, 5.74) is 0. The summed E-state index contributed by atoms with van der Waals surface area (Å²) < 4.78 is 35.8. The van der Waals surface area contributed by atoms with E-state index in [1.54, 1.807) is 0 Å². The number of rotatable bonds is 2. The lowest BCUT2D eigenvalue weighted by Gasteiger charge is -2.30. The Kier molecular flexibility index (Phi) is 3.52. The predicted molar refractivity (Wildman–Crippen MR) is 40.8 cm³/mol. The van der Waals surface area contributed by atoms with Gasteiger partial charge in [0, 0.05) is 13.1 Å². The van der Waals surface area contributed by atoms with Gasteiger partial charge >= 0.3 is 6.18 Å². The van der Waals surface area contributed by atoms with Gasteiger partial charge in [-0.05, 0) is 12.8 Å². The fourth-order valence-corrected chi connectivity index (χ4v) is 1.46. The van der Waals surface area contributed by atoms with Crippen molar-refractivity contribution in [1.82, 2.24) is 4.90 Å². The Morgan fingerprint density at radius 2 is 1.85 bits per heavy atom. The molecule has 78 valence electrons. The van der Waals surface area contributed by atoms with E-state index in [1.807, 2.05) is 0 Å². The Morgan fingerprint density at radius 1 is 1.31 bits per heavy atom. The highest BCUT2D eigenvalue weighted by atomic mass is 19.4. The van der Waals surface area contributed by atoms with Gasteiger partial charge in [-0.3, -0.25) is 4.90 Å². The van der Waals surface area contributed by atoms with Crippen molar-refractivity contribution in [3.8, 4) is 0 Å². The zero-order chi connectivity index (χ0) is 9.90. The van der Waals surface area contributed by atoms with Crippen LogP contribution >= 0.6 is 0 Å². The number of nitrogens with two attached hydrogens (primary N) is 1. The van der Waals surface area contributed by atoms with Gasteiger partial charge < -0.3 is 4.84 Å². The first-order chi connectivity index (χ1) is 6.01. The number of likely N-dealkylation sites (tertiary alicyclic amines) is 1. The van der Waals surface area contributed by atoms with Gasteiger partial charge in [-0.2, -0.15) is 13.2 Å². The van der Waals surface area contributed by atoms with Crippen LogP contribution in [0.1, 0.15) is 12.8 Å². The van der Waals surface area contributed by atoms with Crippen molar-refractivity contribution < 1.29 is 18.0 Å². The molecule has 0 aromatic heterocycles. The van der Waals surface area contributed by atoms with Crippen molar-refractivity contribution in [3.05, 3.63) is 0 Å². The zero-order valence-corrected chi connectivity index (χ0v) is 7.18. The van der Waals surface area contributed by atoms with E-state index in [1.165, 1.54) is 4.90 Å². The van der Waals surface area contributed by atoms with Crippen LogP contribution in [0.3, 0.4) is 0 Å². The summed E-state index contributed by atoms with van der Waals surface area (Å²) in [4.78, 5) is 5.93. The number of piperidine rings is 1. The molecule has 2 N–H and O–H groups in total. The van der Waals surface area contributed by atoms with Crippen LogP contribution in [-0.4, -0.2) is 36.8 Å². The average molecular weight is 198 g/mol. The molecule has 0 saturated carbocycles. The monoisotopic (exact) mass is 198 g/mol. The number of hydrogen-bond donors (Lipinski definition) is 1. The van der Waals surface area contributed by atoms with Gasteiger partial charge in [-0.15, -0.1) is 0 Å². The number of nitrogens with zero attached hydrogens (tertiary/aromatic N) is 1. The normalized spacial score (nSPS) is 22.2. The van der Waals surface area contributed by atoms with Crippen LogP contribution in [-0.2, 0) is 4.84 Å². The molecule has 1 saturated heterocycles. The molecule has 1 aliphatic heterocycles. The maximum absolute atomic E-state index is 11.9. The fourth-order valence-electron chi connectivity index (χ4n) is 1.46. The lowest BCUT2D eigenvalue weighted by Crippen LogP contribution is -2.42. The Bertz CT molecular complexity index is 154. The fraction of sp³-hybridized carbons (Fsp3) is 1.00. The summed E-state index contributed by atoms with van der Waals surface area (Å²) in [6.07, 6.45) is -3.03. The molecular formula is C7H13F3N2O. The summed E-state index contributed by atoms with van der Waals surface area (Å²) in [5.74, 6) is 4.94. The molecule has 6 heteroatoms. The summed E-state index contributed by atoms with van der Waals surface area (Å²) in [5, 5.41) is 0. The molecule has 0 spiro atoms. The molecule has 1 fully saturated rings. The van der Waals surface area contributed by atoms with Crippen LogP contribution in [0.25, 0.3) is 0 Å². The van der Waals surface area contributed by atoms with Gasteiger partial charge in [0.25, 0.3) is 0 Å². The van der Waals surface area contributed by atoms with E-state index in [2.05, 4.69) is 4.84 Å². The van der Waals surface area contributed by atoms with Crippen molar-refractivity contribution in [2.75, 3.05) is 19.6 Å². The van der Waals surface area contributed by atoms with Crippen molar-refractivity contribution in [2.24, 2.45) is 5.90 Å². The molecular weight excluding hydrogens is 185 g/mol. The predicted octanol–water partition coefficient (Wildman–Crippen LogP) is 0.903. The molecule has 0 aromatic rings. The Morgan fingerprint density at radius 3 is 2.23 bits per heavy atom. The quantitative estimate of drug-likeness (QED) is 0.670. The molecule has 0 aromatic carbocycles. The Hall–Kier alpha value is -0.330. The number of halogens is 3. The first-order valence-electron chi connectivity index (χ1n) is 4.16. The molecule has 1 aliphatic rings. The number of alkyl halides is 3. The number of hydrogen-bond acceptors (Lipinski definition) is 3. The minimum absolute atomic E-state index is 0.0792. The molecule has 0 bridgehead atoms. The lowest BCUT2D eigenvalue weighted by atomic mass is 10.1. The zero-order valence-electron chi connectivity index (χ0n) is 7.18. The van der Waals surface area contributed by atoms with Crippen LogP contribution in [0.5, 0.6) is 0 Å². The van der Waals surface area contributed by atoms with Crippen LogP contribution in [0.4, 0.5) is 13.2 Å². The largest absolute Gasteiger partial charge is 0.401 e. The second-order valence-electron chi connectivity index (χ2n) is 3.23. The van der Waals surface area contributed by atoms with Crippen LogP contribution < -0.4 is 5.90 Å². The second kappa shape index (κ2) is 4.26. The van der Waals surface area contributed by atoms with Crippen LogP contribution in [0.2, 0.25) is 0 Å². The van der Waals surface area contributed by atoms with Gasteiger partial charge in [0.2, 0.25) is 0 Å². The highest BCUT2D eigenvalue weighted by molar-refractivity contribution is 4.73. The van der Waals surface area contributed by atoms with Crippen molar-refractivity contribution in [3.63, 3.8) is 0 Å². The van der Waals surface area contributed by atoms with E-state index in [0.717, 1.165) is 0 Å². The minimum atomic E-state index is -4.10. The van der Waals surface area contributed by atoms with Crippen LogP contribution in [0, 0.1) is 0 Å². The molecule has 1 heterocycles. The van der Waals surface area contributed by atoms with Crippen molar-refractivity contribution >= 4 is 0 Å². The topological polar surface area (TPSA) is 38.5 Å². The summed E-state index contributed by atoms with van der Waals surface area (Å²) >= 11 is 0. The molecule has 0 aliphatic carbocycles. The smallest absolute Gasteiger partial charge is 0.301 e. The van der Waals surface area contributed by atoms with E-state index >= 15 is 0 Å². The Balaban J connectivity index is 2.25. The van der Waals surface area contributed by atoms with Gasteiger partial charge in [0.15, 0.2) is 0 Å². The third kappa shape index (κ3) is 3.93. The average Bonchev–Trinajstić information content (AvgIpc) is 2.03. The molecule has 0 unspecified atom stereocenters. The lowest BCUT2D eigenvalue weighted by molar-refractivity contribution is -0.151. The third-order valence-electron chi connectivity index (χ3n) is 2.13. The van der Waals surface area contributed by atoms with Gasteiger partial charge in [0.1, 0.15) is 0 Å². The van der Waals surface area contributed by atoms with Crippen molar-refractivity contribution in [2.45, 2.75) is 25.1 Å². The van der Waals surface area contributed by atoms with Gasteiger partial charge in [0.05, 0.1) is 12.6 Å². The van der Waals surface area contributed by atoms with E-state index in [-0.39, 0.29) is 6.10 Å². The summed E-state index contributed by atoms with van der Waals surface area (Å²) in [7, 11) is 0. The second-order valence-corrected chi connectivity index (χ2v) is 3.23. The molecule has 0 radical (unpaired) electrons. The van der Waals surface area contributed by atoms with Crippen molar-refractivity contribution in [1.29, 1.82) is 0 Å². The van der Waals surface area contributed by atoms with Gasteiger partial charge in [-0.25, -0.2) is 5.90 Å². The maximum Gasteiger partial charge on any atom is 0.401 e.